The number of likely N-dealkylation sites (tertiary alicyclic amines) is 1. The van der Waals surface area contributed by atoms with Crippen LogP contribution in [0.4, 0.5) is 0 Å². The molecule has 2 heterocycles. The lowest BCUT2D eigenvalue weighted by molar-refractivity contribution is -0.130. The number of sulfonamides is 1. The highest BCUT2D eigenvalue weighted by Crippen LogP contribution is 2.33. The van der Waals surface area contributed by atoms with Crippen LogP contribution in [0.2, 0.25) is 8.67 Å². The van der Waals surface area contributed by atoms with E-state index in [1.165, 1.54) is 6.07 Å². The standard InChI is InChI=1S/C13H18Cl2N2O3S2/c14-11-9-10(13(15)21-11)22(19,20)16-6-4-8-17-7-3-1-2-5-12(17)18/h9,16H,1-8H2. The third kappa shape index (κ3) is 4.83. The van der Waals surface area contributed by atoms with Crippen molar-refractivity contribution in [3.05, 3.63) is 14.7 Å². The third-order valence-corrected chi connectivity index (χ3v) is 6.70. The highest BCUT2D eigenvalue weighted by molar-refractivity contribution is 7.89. The second-order valence-electron chi connectivity index (χ2n) is 5.13. The van der Waals surface area contributed by atoms with Gasteiger partial charge in [0.1, 0.15) is 9.23 Å². The average Bonchev–Trinajstić information content (AvgIpc) is 2.66. The van der Waals surface area contributed by atoms with Crippen LogP contribution < -0.4 is 4.72 Å². The molecule has 1 amide bonds. The second-order valence-corrected chi connectivity index (χ2v) is 9.15. The molecule has 0 atom stereocenters. The molecule has 2 rings (SSSR count). The van der Waals surface area contributed by atoms with Gasteiger partial charge in [0, 0.05) is 26.1 Å². The monoisotopic (exact) mass is 384 g/mol. The van der Waals surface area contributed by atoms with Crippen LogP contribution in [0.1, 0.15) is 32.1 Å². The highest BCUT2D eigenvalue weighted by atomic mass is 35.5. The van der Waals surface area contributed by atoms with Crippen molar-refractivity contribution in [3.8, 4) is 0 Å². The molecule has 0 saturated carbocycles. The fourth-order valence-electron chi connectivity index (χ4n) is 2.34. The minimum Gasteiger partial charge on any atom is -0.343 e. The normalized spacial score (nSPS) is 16.8. The van der Waals surface area contributed by atoms with Crippen LogP contribution in [0, 0.1) is 0 Å². The number of hydrogen-bond donors (Lipinski definition) is 1. The minimum absolute atomic E-state index is 0.00927. The number of thiophene rings is 1. The number of carbonyl (C=O) groups is 1. The van der Waals surface area contributed by atoms with Crippen LogP contribution in [0.5, 0.6) is 0 Å². The predicted octanol–water partition coefficient (Wildman–Crippen LogP) is 3.13. The number of hydrogen-bond acceptors (Lipinski definition) is 4. The van der Waals surface area contributed by atoms with Gasteiger partial charge in [-0.3, -0.25) is 4.79 Å². The van der Waals surface area contributed by atoms with Crippen LogP contribution in [0.3, 0.4) is 0 Å². The minimum atomic E-state index is -3.65. The molecule has 1 aliphatic rings. The average molecular weight is 385 g/mol. The van der Waals surface area contributed by atoms with Crippen molar-refractivity contribution in [1.82, 2.24) is 9.62 Å². The van der Waals surface area contributed by atoms with Gasteiger partial charge in [-0.15, -0.1) is 11.3 Å². The molecular weight excluding hydrogens is 367 g/mol. The van der Waals surface area contributed by atoms with Gasteiger partial charge in [0.05, 0.1) is 4.34 Å². The quantitative estimate of drug-likeness (QED) is 0.766. The molecule has 0 aromatic carbocycles. The van der Waals surface area contributed by atoms with E-state index in [0.717, 1.165) is 37.1 Å². The summed E-state index contributed by atoms with van der Waals surface area (Å²) in [6.07, 6.45) is 4.20. The zero-order chi connectivity index (χ0) is 16.2. The molecule has 124 valence electrons. The summed E-state index contributed by atoms with van der Waals surface area (Å²) in [5, 5.41) is 0. The van der Waals surface area contributed by atoms with Crippen LogP contribution in [0.15, 0.2) is 11.0 Å². The lowest BCUT2D eigenvalue weighted by atomic mass is 10.2. The number of halogens is 2. The summed E-state index contributed by atoms with van der Waals surface area (Å²) in [5.41, 5.74) is 0. The molecule has 1 fully saturated rings. The van der Waals surface area contributed by atoms with Gasteiger partial charge >= 0.3 is 0 Å². The Labute approximate surface area is 144 Å². The molecular formula is C13H18Cl2N2O3S2. The van der Waals surface area contributed by atoms with Crippen LogP contribution >= 0.6 is 34.5 Å². The zero-order valence-electron chi connectivity index (χ0n) is 12.0. The Morgan fingerprint density at radius 2 is 2.05 bits per heavy atom. The van der Waals surface area contributed by atoms with Gasteiger partial charge in [0.25, 0.3) is 0 Å². The van der Waals surface area contributed by atoms with Gasteiger partial charge in [-0.1, -0.05) is 29.6 Å². The van der Waals surface area contributed by atoms with E-state index in [2.05, 4.69) is 4.72 Å². The molecule has 1 saturated heterocycles. The summed E-state index contributed by atoms with van der Waals surface area (Å²) in [6, 6.07) is 1.34. The molecule has 0 spiro atoms. The summed E-state index contributed by atoms with van der Waals surface area (Å²) >= 11 is 12.6. The van der Waals surface area contributed by atoms with Crippen LogP contribution in [-0.4, -0.2) is 38.9 Å². The number of nitrogens with zero attached hydrogens (tertiary/aromatic N) is 1. The van der Waals surface area contributed by atoms with Gasteiger partial charge in [0.15, 0.2) is 0 Å². The molecule has 1 aromatic heterocycles. The van der Waals surface area contributed by atoms with Crippen molar-refractivity contribution in [2.24, 2.45) is 0 Å². The maximum Gasteiger partial charge on any atom is 0.242 e. The molecule has 0 unspecified atom stereocenters. The van der Waals surface area contributed by atoms with E-state index in [4.69, 9.17) is 23.2 Å². The fourth-order valence-corrected chi connectivity index (χ4v) is 5.56. The van der Waals surface area contributed by atoms with Gasteiger partial charge in [-0.05, 0) is 25.3 Å². The summed E-state index contributed by atoms with van der Waals surface area (Å²) in [7, 11) is -3.65. The molecule has 22 heavy (non-hydrogen) atoms. The third-order valence-electron chi connectivity index (χ3n) is 3.48. The van der Waals surface area contributed by atoms with Crippen molar-refractivity contribution in [2.45, 2.75) is 37.0 Å². The molecule has 1 aromatic rings. The van der Waals surface area contributed by atoms with E-state index in [1.807, 2.05) is 4.90 Å². The number of nitrogens with one attached hydrogen (secondary N) is 1. The summed E-state index contributed by atoms with van der Waals surface area (Å²) in [5.74, 6) is 0.160. The predicted molar refractivity (Wildman–Crippen MR) is 89.2 cm³/mol. The fraction of sp³-hybridized carbons (Fsp3) is 0.615. The molecule has 5 nitrogen and oxygen atoms in total. The first kappa shape index (κ1) is 18.0. The maximum atomic E-state index is 12.1. The topological polar surface area (TPSA) is 66.5 Å². The Bertz CT molecular complexity index is 631. The first-order chi connectivity index (χ1) is 10.4. The lowest BCUT2D eigenvalue weighted by Gasteiger charge is -2.20. The lowest BCUT2D eigenvalue weighted by Crippen LogP contribution is -2.34. The molecule has 1 aliphatic heterocycles. The van der Waals surface area contributed by atoms with E-state index in [9.17, 15) is 13.2 Å². The first-order valence-electron chi connectivity index (χ1n) is 7.12. The van der Waals surface area contributed by atoms with Crippen molar-refractivity contribution in [2.75, 3.05) is 19.6 Å². The molecule has 0 radical (unpaired) electrons. The Morgan fingerprint density at radius 1 is 1.27 bits per heavy atom. The summed E-state index contributed by atoms with van der Waals surface area (Å²) in [4.78, 5) is 13.7. The van der Waals surface area contributed by atoms with Crippen molar-refractivity contribution in [3.63, 3.8) is 0 Å². The van der Waals surface area contributed by atoms with E-state index in [-0.39, 0.29) is 21.7 Å². The largest absolute Gasteiger partial charge is 0.343 e. The molecule has 0 aliphatic carbocycles. The van der Waals surface area contributed by atoms with E-state index in [0.29, 0.717) is 23.7 Å². The Hall–Kier alpha value is -0.340. The molecule has 0 bridgehead atoms. The van der Waals surface area contributed by atoms with Gasteiger partial charge in [0.2, 0.25) is 15.9 Å². The molecule has 1 N–H and O–H groups in total. The Balaban J connectivity index is 1.83. The van der Waals surface area contributed by atoms with Crippen molar-refractivity contribution in [1.29, 1.82) is 0 Å². The zero-order valence-corrected chi connectivity index (χ0v) is 15.1. The van der Waals surface area contributed by atoms with Crippen molar-refractivity contribution < 1.29 is 13.2 Å². The second kappa shape index (κ2) is 7.97. The van der Waals surface area contributed by atoms with E-state index in [1.54, 1.807) is 0 Å². The summed E-state index contributed by atoms with van der Waals surface area (Å²) in [6.45, 7) is 1.59. The molecule has 9 heteroatoms. The van der Waals surface area contributed by atoms with Crippen LogP contribution in [0.25, 0.3) is 0 Å². The van der Waals surface area contributed by atoms with Gasteiger partial charge in [-0.2, -0.15) is 0 Å². The Morgan fingerprint density at radius 3 is 2.73 bits per heavy atom. The highest BCUT2D eigenvalue weighted by Gasteiger charge is 2.21. The van der Waals surface area contributed by atoms with E-state index < -0.39 is 10.0 Å². The number of carbonyl (C=O) groups excluding carboxylic acids is 1. The number of amides is 1. The maximum absolute atomic E-state index is 12.1. The van der Waals surface area contributed by atoms with Gasteiger partial charge < -0.3 is 4.90 Å². The summed E-state index contributed by atoms with van der Waals surface area (Å²) < 4.78 is 27.2. The number of rotatable bonds is 6. The van der Waals surface area contributed by atoms with Gasteiger partial charge in [-0.25, -0.2) is 13.1 Å². The van der Waals surface area contributed by atoms with Crippen molar-refractivity contribution >= 4 is 50.5 Å². The SMILES string of the molecule is O=C1CCCCCN1CCCNS(=O)(=O)c1cc(Cl)sc1Cl. The Kier molecular flexibility index (Phi) is 6.52. The van der Waals surface area contributed by atoms with E-state index >= 15 is 0 Å². The van der Waals surface area contributed by atoms with Crippen LogP contribution in [-0.2, 0) is 14.8 Å². The first-order valence-corrected chi connectivity index (χ1v) is 10.2. The smallest absolute Gasteiger partial charge is 0.242 e.